The quantitative estimate of drug-likeness (QED) is 0.908. The van der Waals surface area contributed by atoms with E-state index >= 15 is 0 Å². The number of ether oxygens (including phenoxy) is 1. The van der Waals surface area contributed by atoms with Crippen LogP contribution in [0.5, 0.6) is 11.5 Å². The predicted molar refractivity (Wildman–Crippen MR) is 77.6 cm³/mol. The van der Waals surface area contributed by atoms with E-state index in [4.69, 9.17) is 10.5 Å². The van der Waals surface area contributed by atoms with E-state index in [1.807, 2.05) is 26.0 Å². The molecule has 0 fully saturated rings. The number of aryl methyl sites for hydroxylation is 2. The Morgan fingerprint density at radius 1 is 1.05 bits per heavy atom. The normalized spacial score (nSPS) is 12.3. The highest BCUT2D eigenvalue weighted by atomic mass is 16.5. The summed E-state index contributed by atoms with van der Waals surface area (Å²) in [4.78, 5) is 4.31. The third kappa shape index (κ3) is 2.93. The molecule has 0 unspecified atom stereocenters. The number of nitrogens with two attached hydrogens (primary N) is 1. The van der Waals surface area contributed by atoms with Crippen molar-refractivity contribution in [3.8, 4) is 11.5 Å². The van der Waals surface area contributed by atoms with Crippen LogP contribution in [0, 0.1) is 20.8 Å². The smallest absolute Gasteiger partial charge is 0.145 e. The zero-order chi connectivity index (χ0) is 14.0. The molecule has 0 aliphatic carbocycles. The van der Waals surface area contributed by atoms with Crippen LogP contribution >= 0.6 is 0 Å². The third-order valence-electron chi connectivity index (χ3n) is 3.32. The number of hydrogen-bond acceptors (Lipinski definition) is 3. The van der Waals surface area contributed by atoms with E-state index in [0.717, 1.165) is 28.3 Å². The first-order chi connectivity index (χ1) is 8.99. The molecule has 19 heavy (non-hydrogen) atoms. The Hall–Kier alpha value is -1.87. The van der Waals surface area contributed by atoms with Crippen molar-refractivity contribution in [2.75, 3.05) is 0 Å². The van der Waals surface area contributed by atoms with Crippen molar-refractivity contribution in [3.05, 3.63) is 52.8 Å². The largest absolute Gasteiger partial charge is 0.455 e. The Labute approximate surface area is 114 Å². The van der Waals surface area contributed by atoms with Gasteiger partial charge in [0.1, 0.15) is 11.5 Å². The average Bonchev–Trinajstić information content (AvgIpc) is 2.40. The van der Waals surface area contributed by atoms with Crippen molar-refractivity contribution < 1.29 is 4.74 Å². The second-order valence-corrected chi connectivity index (χ2v) is 4.96. The maximum Gasteiger partial charge on any atom is 0.145 e. The summed E-state index contributed by atoms with van der Waals surface area (Å²) in [5, 5.41) is 0. The highest BCUT2D eigenvalue weighted by Gasteiger charge is 2.08. The minimum Gasteiger partial charge on any atom is -0.455 e. The molecular weight excluding hydrogens is 236 g/mol. The number of benzene rings is 1. The predicted octanol–water partition coefficient (Wildman–Crippen LogP) is 3.82. The van der Waals surface area contributed by atoms with Gasteiger partial charge in [0.2, 0.25) is 0 Å². The zero-order valence-electron chi connectivity index (χ0n) is 11.9. The van der Waals surface area contributed by atoms with E-state index in [0.29, 0.717) is 0 Å². The molecule has 0 aliphatic rings. The van der Waals surface area contributed by atoms with E-state index in [2.05, 4.69) is 31.0 Å². The molecule has 0 spiro atoms. The van der Waals surface area contributed by atoms with Gasteiger partial charge in [0, 0.05) is 6.04 Å². The van der Waals surface area contributed by atoms with Crippen LogP contribution in [0.3, 0.4) is 0 Å². The van der Waals surface area contributed by atoms with Crippen molar-refractivity contribution in [2.24, 2.45) is 5.73 Å². The molecule has 2 rings (SSSR count). The molecule has 0 bridgehead atoms. The number of hydrogen-bond donors (Lipinski definition) is 1. The molecule has 1 atom stereocenters. The minimum absolute atomic E-state index is 0.0588. The fourth-order valence-electron chi connectivity index (χ4n) is 1.92. The molecule has 0 amide bonds. The fourth-order valence-corrected chi connectivity index (χ4v) is 1.92. The molecule has 2 N–H and O–H groups in total. The first kappa shape index (κ1) is 13.6. The number of pyridine rings is 1. The van der Waals surface area contributed by atoms with Gasteiger partial charge < -0.3 is 10.5 Å². The number of nitrogens with zero attached hydrogens (tertiary/aromatic N) is 1. The summed E-state index contributed by atoms with van der Waals surface area (Å²) in [6.45, 7) is 8.11. The first-order valence-corrected chi connectivity index (χ1v) is 6.45. The van der Waals surface area contributed by atoms with Crippen LogP contribution in [-0.4, -0.2) is 4.98 Å². The molecule has 1 aromatic heterocycles. The van der Waals surface area contributed by atoms with E-state index in [1.165, 1.54) is 5.56 Å². The van der Waals surface area contributed by atoms with E-state index in [-0.39, 0.29) is 6.04 Å². The second kappa shape index (κ2) is 5.41. The number of aromatic nitrogens is 1. The lowest BCUT2D eigenvalue weighted by Gasteiger charge is -2.14. The lowest BCUT2D eigenvalue weighted by Crippen LogP contribution is -2.06. The van der Waals surface area contributed by atoms with Gasteiger partial charge in [-0.25, -0.2) is 0 Å². The molecule has 0 aliphatic heterocycles. The van der Waals surface area contributed by atoms with Gasteiger partial charge in [0.25, 0.3) is 0 Å². The average molecular weight is 256 g/mol. The second-order valence-electron chi connectivity index (χ2n) is 4.96. The Morgan fingerprint density at radius 2 is 1.74 bits per heavy atom. The summed E-state index contributed by atoms with van der Waals surface area (Å²) in [7, 11) is 0. The maximum absolute atomic E-state index is 5.95. The Bertz CT molecular complexity index is 574. The van der Waals surface area contributed by atoms with Crippen LogP contribution in [0.25, 0.3) is 0 Å². The minimum atomic E-state index is -0.0588. The third-order valence-corrected chi connectivity index (χ3v) is 3.32. The molecule has 0 radical (unpaired) electrons. The monoisotopic (exact) mass is 256 g/mol. The highest BCUT2D eigenvalue weighted by molar-refractivity contribution is 5.46. The molecule has 100 valence electrons. The highest BCUT2D eigenvalue weighted by Crippen LogP contribution is 2.30. The van der Waals surface area contributed by atoms with Gasteiger partial charge in [-0.15, -0.1) is 0 Å². The molecule has 1 aromatic carbocycles. The first-order valence-electron chi connectivity index (χ1n) is 6.45. The molecule has 3 nitrogen and oxygen atoms in total. The van der Waals surface area contributed by atoms with Gasteiger partial charge in [-0.1, -0.05) is 12.1 Å². The van der Waals surface area contributed by atoms with Crippen LogP contribution in [-0.2, 0) is 0 Å². The van der Waals surface area contributed by atoms with Crippen molar-refractivity contribution in [1.82, 2.24) is 4.98 Å². The van der Waals surface area contributed by atoms with Crippen molar-refractivity contribution in [1.29, 1.82) is 0 Å². The van der Waals surface area contributed by atoms with E-state index in [9.17, 15) is 0 Å². The maximum atomic E-state index is 5.95. The van der Waals surface area contributed by atoms with Gasteiger partial charge in [-0.05, 0) is 56.5 Å². The molecular formula is C16H20N2O. The topological polar surface area (TPSA) is 48.1 Å². The van der Waals surface area contributed by atoms with Gasteiger partial charge in [0.15, 0.2) is 0 Å². The summed E-state index contributed by atoms with van der Waals surface area (Å²) in [5.41, 5.74) is 10.2. The molecule has 1 heterocycles. The van der Waals surface area contributed by atoms with Crippen LogP contribution in [0.2, 0.25) is 0 Å². The Kier molecular flexibility index (Phi) is 3.86. The van der Waals surface area contributed by atoms with Crippen LogP contribution < -0.4 is 10.5 Å². The molecule has 3 heteroatoms. The van der Waals surface area contributed by atoms with Crippen molar-refractivity contribution >= 4 is 0 Å². The Morgan fingerprint density at radius 3 is 2.32 bits per heavy atom. The molecule has 2 aromatic rings. The van der Waals surface area contributed by atoms with Crippen molar-refractivity contribution in [3.63, 3.8) is 0 Å². The molecule has 0 saturated heterocycles. The summed E-state index contributed by atoms with van der Waals surface area (Å²) in [6, 6.07) is 7.93. The van der Waals surface area contributed by atoms with Gasteiger partial charge in [-0.3, -0.25) is 4.98 Å². The lowest BCUT2D eigenvalue weighted by molar-refractivity contribution is 0.471. The van der Waals surface area contributed by atoms with Crippen LogP contribution in [0.1, 0.15) is 35.3 Å². The number of rotatable bonds is 3. The van der Waals surface area contributed by atoms with Gasteiger partial charge >= 0.3 is 0 Å². The van der Waals surface area contributed by atoms with Crippen LogP contribution in [0.4, 0.5) is 0 Å². The van der Waals surface area contributed by atoms with Gasteiger partial charge in [0.05, 0.1) is 11.9 Å². The fraction of sp³-hybridized carbons (Fsp3) is 0.312. The summed E-state index contributed by atoms with van der Waals surface area (Å²) < 4.78 is 5.95. The Balaban J connectivity index is 2.29. The van der Waals surface area contributed by atoms with E-state index in [1.54, 1.807) is 6.20 Å². The summed E-state index contributed by atoms with van der Waals surface area (Å²) >= 11 is 0. The summed E-state index contributed by atoms with van der Waals surface area (Å²) in [6.07, 6.45) is 1.72. The standard InChI is InChI=1S/C16H20N2O/c1-10-5-6-11(2)16(12(10)3)19-14-7-8-15(13(4)17)18-9-14/h5-9,13H,17H2,1-4H3/t13-/m1/s1. The lowest BCUT2D eigenvalue weighted by atomic mass is 10.1. The molecule has 0 saturated carbocycles. The van der Waals surface area contributed by atoms with E-state index < -0.39 is 0 Å². The van der Waals surface area contributed by atoms with Gasteiger partial charge in [-0.2, -0.15) is 0 Å². The SMILES string of the molecule is Cc1ccc(C)c(Oc2ccc([C@@H](C)N)nc2)c1C. The van der Waals surface area contributed by atoms with Crippen molar-refractivity contribution in [2.45, 2.75) is 33.7 Å². The van der Waals surface area contributed by atoms with Crippen LogP contribution in [0.15, 0.2) is 30.5 Å². The zero-order valence-corrected chi connectivity index (χ0v) is 11.9. The summed E-state index contributed by atoms with van der Waals surface area (Å²) in [5.74, 6) is 1.65.